The van der Waals surface area contributed by atoms with Crippen LogP contribution in [-0.4, -0.2) is 19.9 Å². The first kappa shape index (κ1) is 21.1. The maximum absolute atomic E-state index is 6.05. The lowest BCUT2D eigenvalue weighted by Crippen LogP contribution is -2.25. The lowest BCUT2D eigenvalue weighted by molar-refractivity contribution is 0.174. The van der Waals surface area contributed by atoms with E-state index in [9.17, 15) is 0 Å². The lowest BCUT2D eigenvalue weighted by atomic mass is 10.1. The van der Waals surface area contributed by atoms with Crippen molar-refractivity contribution in [1.29, 1.82) is 0 Å². The summed E-state index contributed by atoms with van der Waals surface area (Å²) in [7, 11) is 1.67. The molecule has 0 unspecified atom stereocenters. The van der Waals surface area contributed by atoms with Crippen molar-refractivity contribution in [3.8, 4) is 23.0 Å². The van der Waals surface area contributed by atoms with E-state index in [-0.39, 0.29) is 19.2 Å². The summed E-state index contributed by atoms with van der Waals surface area (Å²) in [5, 5.41) is 3.63. The molecule has 0 bridgehead atoms. The van der Waals surface area contributed by atoms with E-state index in [0.29, 0.717) is 18.4 Å². The summed E-state index contributed by atoms with van der Waals surface area (Å²) < 4.78 is 23.3. The van der Waals surface area contributed by atoms with E-state index in [2.05, 4.69) is 27.3 Å². The molecular weight excluding hydrogens is 446 g/mol. The van der Waals surface area contributed by atoms with Crippen molar-refractivity contribution in [3.63, 3.8) is 0 Å². The van der Waals surface area contributed by atoms with Gasteiger partial charge in [0, 0.05) is 12.6 Å². The number of hydrogen-bond acceptors (Lipinski definition) is 5. The van der Waals surface area contributed by atoms with Crippen molar-refractivity contribution in [1.82, 2.24) is 5.32 Å². The predicted molar refractivity (Wildman–Crippen MR) is 114 cm³/mol. The van der Waals surface area contributed by atoms with Crippen molar-refractivity contribution >= 4 is 28.3 Å². The Morgan fingerprint density at radius 2 is 1.86 bits per heavy atom. The molecule has 7 heteroatoms. The van der Waals surface area contributed by atoms with Crippen LogP contribution in [0.5, 0.6) is 23.0 Å². The van der Waals surface area contributed by atoms with E-state index in [1.807, 2.05) is 24.3 Å². The second-order valence-electron chi connectivity index (χ2n) is 6.95. The van der Waals surface area contributed by atoms with Gasteiger partial charge in [-0.1, -0.05) is 18.9 Å². The second kappa shape index (κ2) is 9.72. The third-order valence-electron chi connectivity index (χ3n) is 5.06. The zero-order valence-corrected chi connectivity index (χ0v) is 18.2. The first-order valence-corrected chi connectivity index (χ1v) is 10.1. The SMILES string of the molecule is COc1cc(CNC2CCCC2)cc(Br)c1OCc1ccc2c(c1)OCO2.Cl. The summed E-state index contributed by atoms with van der Waals surface area (Å²) in [6.07, 6.45) is 5.21. The molecule has 152 valence electrons. The van der Waals surface area contributed by atoms with E-state index >= 15 is 0 Å². The minimum absolute atomic E-state index is 0. The zero-order chi connectivity index (χ0) is 18.6. The van der Waals surface area contributed by atoms with Gasteiger partial charge in [-0.3, -0.25) is 0 Å². The molecule has 1 aliphatic carbocycles. The number of nitrogens with one attached hydrogen (secondary N) is 1. The van der Waals surface area contributed by atoms with Crippen LogP contribution in [0, 0.1) is 0 Å². The highest BCUT2D eigenvalue weighted by Gasteiger charge is 2.17. The summed E-state index contributed by atoms with van der Waals surface area (Å²) in [6, 6.07) is 10.6. The van der Waals surface area contributed by atoms with Crippen LogP contribution in [0.4, 0.5) is 0 Å². The molecular formula is C21H25BrClNO4. The van der Waals surface area contributed by atoms with Gasteiger partial charge in [0.1, 0.15) is 6.61 Å². The van der Waals surface area contributed by atoms with Gasteiger partial charge < -0.3 is 24.3 Å². The van der Waals surface area contributed by atoms with Crippen molar-refractivity contribution in [2.75, 3.05) is 13.9 Å². The first-order valence-electron chi connectivity index (χ1n) is 9.34. The molecule has 2 aliphatic rings. The molecule has 0 radical (unpaired) electrons. The molecule has 4 rings (SSSR count). The largest absolute Gasteiger partial charge is 0.493 e. The lowest BCUT2D eigenvalue weighted by Gasteiger charge is -2.16. The van der Waals surface area contributed by atoms with Gasteiger partial charge in [0.15, 0.2) is 23.0 Å². The van der Waals surface area contributed by atoms with Crippen LogP contribution in [0.15, 0.2) is 34.8 Å². The van der Waals surface area contributed by atoms with E-state index in [0.717, 1.165) is 33.8 Å². The maximum atomic E-state index is 6.05. The average Bonchev–Trinajstić information content (AvgIpc) is 3.36. The van der Waals surface area contributed by atoms with E-state index in [1.54, 1.807) is 7.11 Å². The highest BCUT2D eigenvalue weighted by molar-refractivity contribution is 9.10. The van der Waals surface area contributed by atoms with Gasteiger partial charge in [0.25, 0.3) is 0 Å². The summed E-state index contributed by atoms with van der Waals surface area (Å²) in [5.74, 6) is 2.97. The van der Waals surface area contributed by atoms with Gasteiger partial charge in [-0.2, -0.15) is 0 Å². The van der Waals surface area contributed by atoms with Crippen molar-refractivity contribution in [2.45, 2.75) is 44.9 Å². The maximum Gasteiger partial charge on any atom is 0.231 e. The molecule has 28 heavy (non-hydrogen) atoms. The van der Waals surface area contributed by atoms with Gasteiger partial charge in [-0.25, -0.2) is 0 Å². The second-order valence-corrected chi connectivity index (χ2v) is 7.80. The Labute approximate surface area is 180 Å². The molecule has 2 aromatic carbocycles. The number of fused-ring (bicyclic) bond motifs is 1. The zero-order valence-electron chi connectivity index (χ0n) is 15.8. The van der Waals surface area contributed by atoms with Crippen LogP contribution in [0.1, 0.15) is 36.8 Å². The molecule has 1 heterocycles. The number of methoxy groups -OCH3 is 1. The van der Waals surface area contributed by atoms with Crippen LogP contribution in [0.25, 0.3) is 0 Å². The van der Waals surface area contributed by atoms with Crippen LogP contribution in [0.2, 0.25) is 0 Å². The molecule has 1 fully saturated rings. The summed E-state index contributed by atoms with van der Waals surface area (Å²) in [4.78, 5) is 0. The van der Waals surface area contributed by atoms with Gasteiger partial charge in [0.2, 0.25) is 6.79 Å². The minimum Gasteiger partial charge on any atom is -0.493 e. The monoisotopic (exact) mass is 469 g/mol. The smallest absolute Gasteiger partial charge is 0.231 e. The molecule has 0 spiro atoms. The van der Waals surface area contributed by atoms with Gasteiger partial charge in [-0.05, 0) is 64.2 Å². The number of rotatable bonds is 7. The van der Waals surface area contributed by atoms with E-state index in [4.69, 9.17) is 18.9 Å². The fourth-order valence-electron chi connectivity index (χ4n) is 3.59. The van der Waals surface area contributed by atoms with Crippen LogP contribution in [0.3, 0.4) is 0 Å². The Hall–Kier alpha value is -1.63. The number of hydrogen-bond donors (Lipinski definition) is 1. The standard InChI is InChI=1S/C21H24BrNO4.ClH/c1-24-20-10-15(11-23-16-4-2-3-5-16)8-17(22)21(20)25-12-14-6-7-18-19(9-14)27-13-26-18;/h6-10,16,23H,2-5,11-13H2,1H3;1H. The van der Waals surface area contributed by atoms with Crippen molar-refractivity contribution in [2.24, 2.45) is 0 Å². The van der Waals surface area contributed by atoms with Crippen molar-refractivity contribution in [3.05, 3.63) is 45.9 Å². The third-order valence-corrected chi connectivity index (χ3v) is 5.65. The van der Waals surface area contributed by atoms with Crippen LogP contribution >= 0.6 is 28.3 Å². The van der Waals surface area contributed by atoms with Gasteiger partial charge in [-0.15, -0.1) is 12.4 Å². The number of ether oxygens (including phenoxy) is 4. The molecule has 0 atom stereocenters. The first-order chi connectivity index (χ1) is 13.2. The highest BCUT2D eigenvalue weighted by atomic mass is 79.9. The Morgan fingerprint density at radius 3 is 2.64 bits per heavy atom. The molecule has 5 nitrogen and oxygen atoms in total. The summed E-state index contributed by atoms with van der Waals surface area (Å²) in [5.41, 5.74) is 2.20. The normalized spacial score (nSPS) is 15.4. The van der Waals surface area contributed by atoms with Crippen molar-refractivity contribution < 1.29 is 18.9 Å². The molecule has 1 saturated carbocycles. The summed E-state index contributed by atoms with van der Waals surface area (Å²) in [6.45, 7) is 1.53. The van der Waals surface area contributed by atoms with Gasteiger partial charge >= 0.3 is 0 Å². The third kappa shape index (κ3) is 4.85. The molecule has 2 aromatic rings. The number of halogens is 2. The molecule has 0 aromatic heterocycles. The Bertz CT molecular complexity index is 811. The topological polar surface area (TPSA) is 49.0 Å². The highest BCUT2D eigenvalue weighted by Crippen LogP contribution is 2.38. The summed E-state index contributed by atoms with van der Waals surface area (Å²) >= 11 is 3.64. The minimum atomic E-state index is 0. The average molecular weight is 471 g/mol. The van der Waals surface area contributed by atoms with E-state index in [1.165, 1.54) is 31.2 Å². The molecule has 0 amide bonds. The quantitative estimate of drug-likeness (QED) is 0.601. The predicted octanol–water partition coefficient (Wildman–Crippen LogP) is 5.22. The van der Waals surface area contributed by atoms with Crippen LogP contribution < -0.4 is 24.3 Å². The Balaban J connectivity index is 0.00000225. The number of benzene rings is 2. The fraction of sp³-hybridized carbons (Fsp3) is 0.429. The fourth-order valence-corrected chi connectivity index (χ4v) is 4.20. The van der Waals surface area contributed by atoms with Gasteiger partial charge in [0.05, 0.1) is 11.6 Å². The Morgan fingerprint density at radius 1 is 1.07 bits per heavy atom. The van der Waals surface area contributed by atoms with E-state index < -0.39 is 0 Å². The molecule has 1 N–H and O–H groups in total. The molecule has 1 aliphatic heterocycles. The Kier molecular flexibility index (Phi) is 7.32. The van der Waals surface area contributed by atoms with Crippen LogP contribution in [-0.2, 0) is 13.2 Å². The molecule has 0 saturated heterocycles.